The third-order valence-corrected chi connectivity index (χ3v) is 5.89. The molecule has 0 aliphatic rings. The van der Waals surface area contributed by atoms with Crippen LogP contribution in [0.25, 0.3) is 22.8 Å². The Balaban J connectivity index is 1.40. The minimum atomic E-state index is 0.522. The number of hydrogen-bond acceptors (Lipinski definition) is 6. The number of oxazole rings is 1. The molecule has 5 rings (SSSR count). The smallest absolute Gasteiger partial charge is 0.226 e. The number of thioether (sulfide) groups is 1. The van der Waals surface area contributed by atoms with Gasteiger partial charge in [-0.15, -0.1) is 10.2 Å². The van der Waals surface area contributed by atoms with Gasteiger partial charge in [0.15, 0.2) is 11.0 Å². The lowest BCUT2D eigenvalue weighted by atomic mass is 10.2. The van der Waals surface area contributed by atoms with E-state index in [-0.39, 0.29) is 0 Å². The van der Waals surface area contributed by atoms with Crippen LogP contribution in [0.5, 0.6) is 0 Å². The molecule has 0 radical (unpaired) electrons. The molecule has 0 saturated carbocycles. The van der Waals surface area contributed by atoms with Gasteiger partial charge in [-0.25, -0.2) is 4.98 Å². The van der Waals surface area contributed by atoms with Crippen molar-refractivity contribution < 1.29 is 8.83 Å². The van der Waals surface area contributed by atoms with Gasteiger partial charge in [0.2, 0.25) is 5.89 Å². The third kappa shape index (κ3) is 4.42. The first-order chi connectivity index (χ1) is 15.3. The molecule has 0 saturated heterocycles. The molecular weight excluding hydrogens is 432 g/mol. The second kappa shape index (κ2) is 8.83. The molecular formula is C23H17ClN4O2S. The topological polar surface area (TPSA) is 69.9 Å². The Hall–Kier alpha value is -3.29. The van der Waals surface area contributed by atoms with Gasteiger partial charge in [-0.05, 0) is 48.5 Å². The molecule has 0 unspecified atom stereocenters. The summed E-state index contributed by atoms with van der Waals surface area (Å²) in [4.78, 5) is 4.60. The number of hydrogen-bond donors (Lipinski definition) is 0. The van der Waals surface area contributed by atoms with Crippen molar-refractivity contribution in [2.45, 2.75) is 17.5 Å². The quantitative estimate of drug-likeness (QED) is 0.276. The Bertz CT molecular complexity index is 1260. The summed E-state index contributed by atoms with van der Waals surface area (Å²) >= 11 is 7.59. The van der Waals surface area contributed by atoms with Crippen molar-refractivity contribution in [3.8, 4) is 22.8 Å². The van der Waals surface area contributed by atoms with E-state index in [4.69, 9.17) is 20.4 Å². The molecule has 154 valence electrons. The zero-order valence-electron chi connectivity index (χ0n) is 16.3. The molecule has 8 heteroatoms. The van der Waals surface area contributed by atoms with Crippen LogP contribution in [0.1, 0.15) is 11.5 Å². The predicted molar refractivity (Wildman–Crippen MR) is 120 cm³/mol. The van der Waals surface area contributed by atoms with Crippen molar-refractivity contribution >= 4 is 23.4 Å². The first kappa shape index (κ1) is 19.7. The molecule has 2 aromatic carbocycles. The summed E-state index contributed by atoms with van der Waals surface area (Å²) < 4.78 is 13.2. The minimum Gasteiger partial charge on any atom is -0.467 e. The van der Waals surface area contributed by atoms with Gasteiger partial charge in [0, 0.05) is 21.9 Å². The van der Waals surface area contributed by atoms with Crippen LogP contribution < -0.4 is 0 Å². The van der Waals surface area contributed by atoms with Crippen molar-refractivity contribution in [1.29, 1.82) is 0 Å². The monoisotopic (exact) mass is 448 g/mol. The molecule has 0 fully saturated rings. The van der Waals surface area contributed by atoms with E-state index < -0.39 is 0 Å². The van der Waals surface area contributed by atoms with E-state index in [1.807, 2.05) is 71.3 Å². The molecule has 0 N–H and O–H groups in total. The number of benzene rings is 2. The van der Waals surface area contributed by atoms with Gasteiger partial charge in [0.05, 0.1) is 18.5 Å². The molecule has 6 nitrogen and oxygen atoms in total. The van der Waals surface area contributed by atoms with E-state index in [1.165, 1.54) is 0 Å². The van der Waals surface area contributed by atoms with Gasteiger partial charge in [0.1, 0.15) is 12.0 Å². The number of furan rings is 1. The Morgan fingerprint density at radius 1 is 0.871 bits per heavy atom. The highest BCUT2D eigenvalue weighted by Gasteiger charge is 2.17. The fourth-order valence-corrected chi connectivity index (χ4v) is 4.07. The lowest BCUT2D eigenvalue weighted by Gasteiger charge is -2.08. The highest BCUT2D eigenvalue weighted by molar-refractivity contribution is 7.98. The second-order valence-corrected chi connectivity index (χ2v) is 8.16. The summed E-state index contributed by atoms with van der Waals surface area (Å²) in [6.07, 6.45) is 3.34. The van der Waals surface area contributed by atoms with E-state index in [0.29, 0.717) is 23.2 Å². The summed E-state index contributed by atoms with van der Waals surface area (Å²) in [5.74, 6) is 2.79. The van der Waals surface area contributed by atoms with Crippen molar-refractivity contribution in [3.63, 3.8) is 0 Å². The number of rotatable bonds is 7. The van der Waals surface area contributed by atoms with Gasteiger partial charge >= 0.3 is 0 Å². The van der Waals surface area contributed by atoms with Crippen LogP contribution in [-0.2, 0) is 12.3 Å². The summed E-state index contributed by atoms with van der Waals surface area (Å²) in [6.45, 7) is 0.522. The number of halogens is 1. The maximum atomic E-state index is 6.05. The van der Waals surface area contributed by atoms with E-state index in [0.717, 1.165) is 33.6 Å². The van der Waals surface area contributed by atoms with Crippen molar-refractivity contribution in [1.82, 2.24) is 19.7 Å². The largest absolute Gasteiger partial charge is 0.467 e. The molecule has 31 heavy (non-hydrogen) atoms. The first-order valence-electron chi connectivity index (χ1n) is 9.60. The average Bonchev–Trinajstić information content (AvgIpc) is 3.56. The van der Waals surface area contributed by atoms with Crippen molar-refractivity contribution in [2.75, 3.05) is 0 Å². The fourth-order valence-electron chi connectivity index (χ4n) is 3.13. The average molecular weight is 449 g/mol. The zero-order chi connectivity index (χ0) is 21.0. The van der Waals surface area contributed by atoms with E-state index in [9.17, 15) is 0 Å². The summed E-state index contributed by atoms with van der Waals surface area (Å²) in [5, 5.41) is 10.3. The molecule has 5 aromatic rings. The fraction of sp³-hybridized carbons (Fsp3) is 0.0870. The van der Waals surface area contributed by atoms with Crippen LogP contribution in [0, 0.1) is 0 Å². The summed E-state index contributed by atoms with van der Waals surface area (Å²) in [7, 11) is 0. The summed E-state index contributed by atoms with van der Waals surface area (Å²) in [6, 6.07) is 21.2. The normalized spacial score (nSPS) is 11.1. The van der Waals surface area contributed by atoms with Gasteiger partial charge in [-0.2, -0.15) is 0 Å². The Labute approximate surface area is 187 Å². The van der Waals surface area contributed by atoms with Crippen LogP contribution in [-0.4, -0.2) is 19.7 Å². The van der Waals surface area contributed by atoms with Gasteiger partial charge in [-0.3, -0.25) is 4.57 Å². The SMILES string of the molecule is Clc1ccc(-c2nnc(SCc3coc(-c4ccccc4)n3)n2Cc2ccco2)cc1. The van der Waals surface area contributed by atoms with Gasteiger partial charge in [-0.1, -0.05) is 41.6 Å². The maximum absolute atomic E-state index is 6.05. The Kier molecular flexibility index (Phi) is 5.60. The van der Waals surface area contributed by atoms with Crippen molar-refractivity contribution in [2.24, 2.45) is 0 Å². The molecule has 0 spiro atoms. The van der Waals surface area contributed by atoms with Gasteiger partial charge in [0.25, 0.3) is 0 Å². The molecule has 0 aliphatic heterocycles. The van der Waals surface area contributed by atoms with E-state index in [1.54, 1.807) is 24.3 Å². The minimum absolute atomic E-state index is 0.522. The Morgan fingerprint density at radius 3 is 2.48 bits per heavy atom. The molecule has 3 aromatic heterocycles. The highest BCUT2D eigenvalue weighted by atomic mass is 35.5. The number of aromatic nitrogens is 4. The van der Waals surface area contributed by atoms with E-state index in [2.05, 4.69) is 15.2 Å². The van der Waals surface area contributed by atoms with Crippen molar-refractivity contribution in [3.05, 3.63) is 95.7 Å². The molecule has 0 amide bonds. The molecule has 0 aliphatic carbocycles. The zero-order valence-corrected chi connectivity index (χ0v) is 17.9. The van der Waals surface area contributed by atoms with Crippen LogP contribution in [0.2, 0.25) is 5.02 Å². The standard InChI is InChI=1S/C23H17ClN4O2S/c24-18-10-8-16(9-11-18)21-26-27-23(28(21)13-20-7-4-12-29-20)31-15-19-14-30-22(25-19)17-5-2-1-3-6-17/h1-12,14H,13,15H2. The van der Waals surface area contributed by atoms with Crippen LogP contribution in [0.15, 0.2) is 93.2 Å². The highest BCUT2D eigenvalue weighted by Crippen LogP contribution is 2.29. The molecule has 0 atom stereocenters. The van der Waals surface area contributed by atoms with Gasteiger partial charge < -0.3 is 8.83 Å². The molecule has 3 heterocycles. The lowest BCUT2D eigenvalue weighted by Crippen LogP contribution is -2.03. The van der Waals surface area contributed by atoms with Crippen LogP contribution in [0.4, 0.5) is 0 Å². The first-order valence-corrected chi connectivity index (χ1v) is 11.0. The lowest BCUT2D eigenvalue weighted by molar-refractivity contribution is 0.485. The van der Waals surface area contributed by atoms with Crippen LogP contribution >= 0.6 is 23.4 Å². The van der Waals surface area contributed by atoms with E-state index >= 15 is 0 Å². The number of nitrogens with zero attached hydrogens (tertiary/aromatic N) is 4. The second-order valence-electron chi connectivity index (χ2n) is 6.78. The summed E-state index contributed by atoms with van der Waals surface area (Å²) in [5.41, 5.74) is 2.72. The van der Waals surface area contributed by atoms with Crippen LogP contribution in [0.3, 0.4) is 0 Å². The third-order valence-electron chi connectivity index (χ3n) is 4.63. The molecule has 0 bridgehead atoms. The Morgan fingerprint density at radius 2 is 1.71 bits per heavy atom. The predicted octanol–water partition coefficient (Wildman–Crippen LogP) is 6.19. The maximum Gasteiger partial charge on any atom is 0.226 e.